The van der Waals surface area contributed by atoms with Crippen LogP contribution in [0.1, 0.15) is 11.1 Å². The number of fused-ring (bicyclic) bond motifs is 3. The lowest BCUT2D eigenvalue weighted by atomic mass is 9.93. The molecule has 0 saturated carbocycles. The van der Waals surface area contributed by atoms with Gasteiger partial charge in [-0.15, -0.1) is 11.3 Å². The van der Waals surface area contributed by atoms with Gasteiger partial charge in [0.2, 0.25) is 0 Å². The number of aliphatic hydroxyl groups excluding tert-OH is 1. The second-order valence-corrected chi connectivity index (χ2v) is 7.65. The van der Waals surface area contributed by atoms with Gasteiger partial charge in [0.05, 0.1) is 6.61 Å². The van der Waals surface area contributed by atoms with Crippen molar-refractivity contribution in [2.75, 3.05) is 14.1 Å². The van der Waals surface area contributed by atoms with Crippen molar-refractivity contribution in [1.82, 2.24) is 9.88 Å². The highest BCUT2D eigenvalue weighted by Gasteiger charge is 2.15. The van der Waals surface area contributed by atoms with Crippen molar-refractivity contribution in [1.29, 1.82) is 0 Å². The van der Waals surface area contributed by atoms with Crippen molar-refractivity contribution < 1.29 is 5.11 Å². The Morgan fingerprint density at radius 2 is 1.85 bits per heavy atom. The Balaban J connectivity index is 2.01. The lowest BCUT2D eigenvalue weighted by molar-refractivity contribution is 0.282. The Morgan fingerprint density at radius 3 is 2.54 bits per heavy atom. The zero-order valence-electron chi connectivity index (χ0n) is 14.7. The molecule has 0 aliphatic heterocycles. The van der Waals surface area contributed by atoms with E-state index in [4.69, 9.17) is 0 Å². The third-order valence-corrected chi connectivity index (χ3v) is 5.51. The first-order valence-electron chi connectivity index (χ1n) is 8.48. The number of hydrogen-bond acceptors (Lipinski definition) is 4. The molecular weight excluding hydrogens is 344 g/mol. The van der Waals surface area contributed by atoms with Gasteiger partial charge in [0.1, 0.15) is 4.70 Å². The first kappa shape index (κ1) is 17.0. The number of pyridine rings is 1. The Morgan fingerprint density at radius 1 is 1.08 bits per heavy atom. The molecule has 4 aromatic rings. The van der Waals surface area contributed by atoms with Crippen molar-refractivity contribution in [3.63, 3.8) is 0 Å². The maximum absolute atomic E-state index is 12.3. The van der Waals surface area contributed by atoms with Gasteiger partial charge in [0.15, 0.2) is 0 Å². The molecule has 0 fully saturated rings. The highest BCUT2D eigenvalue weighted by Crippen LogP contribution is 2.36. The third-order valence-electron chi connectivity index (χ3n) is 4.59. The number of nitrogens with one attached hydrogen (secondary N) is 1. The summed E-state index contributed by atoms with van der Waals surface area (Å²) >= 11 is 1.44. The van der Waals surface area contributed by atoms with E-state index in [0.29, 0.717) is 0 Å². The lowest BCUT2D eigenvalue weighted by Crippen LogP contribution is -2.10. The standard InChI is InChI=1S/C21H20N2O2S/c1-23(2)11-13-3-5-14(6-4-13)18-15(12-24)7-8-17-19(18)16-9-10-26-20(16)21(25)22-17/h3-10,24H,11-12H2,1-2H3,(H,22,25). The maximum atomic E-state index is 12.3. The monoisotopic (exact) mass is 364 g/mol. The molecule has 0 unspecified atom stereocenters. The first-order chi connectivity index (χ1) is 12.6. The maximum Gasteiger partial charge on any atom is 0.266 e. The van der Waals surface area contributed by atoms with Gasteiger partial charge in [0, 0.05) is 22.8 Å². The zero-order valence-corrected chi connectivity index (χ0v) is 15.6. The molecule has 0 aliphatic carbocycles. The molecule has 5 heteroatoms. The molecule has 132 valence electrons. The average Bonchev–Trinajstić information content (AvgIpc) is 3.12. The van der Waals surface area contributed by atoms with Crippen molar-refractivity contribution in [3.05, 3.63) is 69.3 Å². The quantitative estimate of drug-likeness (QED) is 0.576. The summed E-state index contributed by atoms with van der Waals surface area (Å²) in [5.74, 6) is 0. The van der Waals surface area contributed by atoms with E-state index < -0.39 is 0 Å². The van der Waals surface area contributed by atoms with Crippen LogP contribution in [0, 0.1) is 0 Å². The van der Waals surface area contributed by atoms with E-state index in [0.717, 1.165) is 44.2 Å². The van der Waals surface area contributed by atoms with Gasteiger partial charge in [-0.2, -0.15) is 0 Å². The molecule has 2 aromatic carbocycles. The molecule has 0 bridgehead atoms. The summed E-state index contributed by atoms with van der Waals surface area (Å²) in [7, 11) is 4.10. The molecule has 2 heterocycles. The van der Waals surface area contributed by atoms with Crippen molar-refractivity contribution in [2.24, 2.45) is 0 Å². The fraction of sp³-hybridized carbons (Fsp3) is 0.190. The molecule has 0 saturated heterocycles. The van der Waals surface area contributed by atoms with Gasteiger partial charge < -0.3 is 15.0 Å². The average molecular weight is 364 g/mol. The van der Waals surface area contributed by atoms with Crippen LogP contribution in [0.3, 0.4) is 0 Å². The molecule has 0 radical (unpaired) electrons. The molecule has 2 N–H and O–H groups in total. The van der Waals surface area contributed by atoms with Crippen LogP contribution in [0.15, 0.2) is 52.6 Å². The molecule has 4 nitrogen and oxygen atoms in total. The summed E-state index contributed by atoms with van der Waals surface area (Å²) < 4.78 is 0.720. The number of aliphatic hydroxyl groups is 1. The zero-order chi connectivity index (χ0) is 18.3. The molecule has 0 spiro atoms. The third kappa shape index (κ3) is 2.84. The van der Waals surface area contributed by atoms with Gasteiger partial charge in [-0.05, 0) is 53.9 Å². The van der Waals surface area contributed by atoms with Crippen LogP contribution in [-0.4, -0.2) is 29.1 Å². The largest absolute Gasteiger partial charge is 0.392 e. The van der Waals surface area contributed by atoms with Crippen LogP contribution >= 0.6 is 11.3 Å². The molecule has 2 aromatic heterocycles. The summed E-state index contributed by atoms with van der Waals surface area (Å²) in [5.41, 5.74) is 4.86. The normalized spacial score (nSPS) is 11.7. The van der Waals surface area contributed by atoms with Gasteiger partial charge >= 0.3 is 0 Å². The molecule has 26 heavy (non-hydrogen) atoms. The Labute approximate surface area is 155 Å². The number of hydrogen-bond donors (Lipinski definition) is 2. The van der Waals surface area contributed by atoms with Gasteiger partial charge in [-0.3, -0.25) is 4.79 Å². The van der Waals surface area contributed by atoms with Crippen LogP contribution in [-0.2, 0) is 13.2 Å². The summed E-state index contributed by atoms with van der Waals surface area (Å²) in [6, 6.07) is 14.2. The number of H-pyrrole nitrogens is 1. The van der Waals surface area contributed by atoms with Gasteiger partial charge in [-0.25, -0.2) is 0 Å². The first-order valence-corrected chi connectivity index (χ1v) is 9.36. The van der Waals surface area contributed by atoms with Crippen LogP contribution in [0.2, 0.25) is 0 Å². The Kier molecular flexibility index (Phi) is 4.36. The SMILES string of the molecule is CN(C)Cc1ccc(-c2c(CO)ccc3[nH]c(=O)c4sccc4c23)cc1. The molecular formula is C21H20N2O2S. The van der Waals surface area contributed by atoms with Crippen LogP contribution < -0.4 is 5.56 Å². The van der Waals surface area contributed by atoms with E-state index in [1.807, 2.05) is 37.7 Å². The van der Waals surface area contributed by atoms with E-state index in [2.05, 4.69) is 34.1 Å². The minimum atomic E-state index is -0.0634. The number of aromatic amines is 1. The number of thiophene rings is 1. The lowest BCUT2D eigenvalue weighted by Gasteiger charge is -2.14. The molecule has 0 atom stereocenters. The summed E-state index contributed by atoms with van der Waals surface area (Å²) in [4.78, 5) is 17.4. The number of rotatable bonds is 4. The van der Waals surface area contributed by atoms with E-state index >= 15 is 0 Å². The Hall–Kier alpha value is -2.47. The molecule has 0 aliphatic rings. The van der Waals surface area contributed by atoms with E-state index in [9.17, 15) is 9.90 Å². The highest BCUT2D eigenvalue weighted by molar-refractivity contribution is 7.17. The summed E-state index contributed by atoms with van der Waals surface area (Å²) in [6.45, 7) is 0.834. The van der Waals surface area contributed by atoms with Crippen molar-refractivity contribution in [2.45, 2.75) is 13.2 Å². The van der Waals surface area contributed by atoms with E-state index in [-0.39, 0.29) is 12.2 Å². The highest BCUT2D eigenvalue weighted by atomic mass is 32.1. The van der Waals surface area contributed by atoms with Crippen molar-refractivity contribution >= 4 is 32.3 Å². The molecule has 0 amide bonds. The summed E-state index contributed by atoms with van der Waals surface area (Å²) in [5, 5.41) is 13.8. The number of nitrogens with zero attached hydrogens (tertiary/aromatic N) is 1. The smallest absolute Gasteiger partial charge is 0.266 e. The second-order valence-electron chi connectivity index (χ2n) is 6.73. The Bertz CT molecular complexity index is 1140. The van der Waals surface area contributed by atoms with Crippen LogP contribution in [0.25, 0.3) is 32.1 Å². The number of aromatic nitrogens is 1. The fourth-order valence-electron chi connectivity index (χ4n) is 3.49. The van der Waals surface area contributed by atoms with Crippen LogP contribution in [0.4, 0.5) is 0 Å². The summed E-state index contributed by atoms with van der Waals surface area (Å²) in [6.07, 6.45) is 0. The van der Waals surface area contributed by atoms with E-state index in [1.54, 1.807) is 0 Å². The number of benzene rings is 2. The predicted octanol–water partition coefficient (Wildman–Crippen LogP) is 3.96. The second kappa shape index (κ2) is 6.68. The van der Waals surface area contributed by atoms with Crippen molar-refractivity contribution in [3.8, 4) is 11.1 Å². The fourth-order valence-corrected chi connectivity index (χ4v) is 4.29. The predicted molar refractivity (Wildman–Crippen MR) is 109 cm³/mol. The van der Waals surface area contributed by atoms with Gasteiger partial charge in [0.25, 0.3) is 5.56 Å². The minimum Gasteiger partial charge on any atom is -0.392 e. The van der Waals surface area contributed by atoms with E-state index in [1.165, 1.54) is 16.9 Å². The van der Waals surface area contributed by atoms with Gasteiger partial charge in [-0.1, -0.05) is 30.3 Å². The molecule has 4 rings (SSSR count). The topological polar surface area (TPSA) is 56.3 Å². The minimum absolute atomic E-state index is 0.0462. The van der Waals surface area contributed by atoms with Crippen LogP contribution in [0.5, 0.6) is 0 Å².